The van der Waals surface area contributed by atoms with E-state index < -0.39 is 5.97 Å². The molecule has 1 heterocycles. The second-order valence-corrected chi connectivity index (χ2v) is 6.26. The molecule has 0 radical (unpaired) electrons. The number of halogens is 1. The number of benzene rings is 2. The lowest BCUT2D eigenvalue weighted by molar-refractivity contribution is 0.0699. The summed E-state index contributed by atoms with van der Waals surface area (Å²) < 4.78 is 0.837. The largest absolute Gasteiger partial charge is 0.478 e. The van der Waals surface area contributed by atoms with Gasteiger partial charge in [-0.3, -0.25) is 0 Å². The number of carboxylic acids is 1. The van der Waals surface area contributed by atoms with Crippen molar-refractivity contribution in [3.63, 3.8) is 0 Å². The maximum Gasteiger partial charge on any atom is 0.336 e. The Kier molecular flexibility index (Phi) is 3.71. The van der Waals surface area contributed by atoms with Crippen molar-refractivity contribution in [3.8, 4) is 11.3 Å². The van der Waals surface area contributed by atoms with Crippen LogP contribution in [0.1, 0.15) is 21.5 Å². The number of nitrogens with zero attached hydrogens (tertiary/aromatic N) is 1. The van der Waals surface area contributed by atoms with E-state index in [0.29, 0.717) is 16.6 Å². The summed E-state index contributed by atoms with van der Waals surface area (Å²) in [6.45, 7) is 4.04. The molecule has 4 heteroatoms. The van der Waals surface area contributed by atoms with Crippen LogP contribution in [0.4, 0.5) is 0 Å². The number of fused-ring (bicyclic) bond motifs is 1. The highest BCUT2D eigenvalue weighted by molar-refractivity contribution is 9.10. The first kappa shape index (κ1) is 14.7. The monoisotopic (exact) mass is 355 g/mol. The summed E-state index contributed by atoms with van der Waals surface area (Å²) in [5.74, 6) is -0.948. The number of aromatic nitrogens is 1. The third kappa shape index (κ3) is 2.62. The minimum absolute atomic E-state index is 0.265. The third-order valence-electron chi connectivity index (χ3n) is 3.66. The van der Waals surface area contributed by atoms with Crippen molar-refractivity contribution in [1.82, 2.24) is 4.98 Å². The Labute approximate surface area is 136 Å². The molecule has 1 aromatic heterocycles. The molecular weight excluding hydrogens is 342 g/mol. The first-order valence-electron chi connectivity index (χ1n) is 6.87. The summed E-state index contributed by atoms with van der Waals surface area (Å²) in [5, 5.41) is 10.2. The molecule has 110 valence electrons. The molecule has 0 aliphatic carbocycles. The molecule has 0 unspecified atom stereocenters. The van der Waals surface area contributed by atoms with Gasteiger partial charge in [-0.05, 0) is 43.7 Å². The molecule has 0 saturated carbocycles. The Morgan fingerprint density at radius 3 is 2.55 bits per heavy atom. The van der Waals surface area contributed by atoms with Crippen LogP contribution in [0.15, 0.2) is 46.9 Å². The zero-order chi connectivity index (χ0) is 15.9. The van der Waals surface area contributed by atoms with Crippen molar-refractivity contribution in [3.05, 3.63) is 63.6 Å². The molecule has 0 aliphatic heterocycles. The number of carboxylic acid groups (broad SMARTS) is 1. The van der Waals surface area contributed by atoms with Crippen molar-refractivity contribution in [2.24, 2.45) is 0 Å². The summed E-state index contributed by atoms with van der Waals surface area (Å²) >= 11 is 3.38. The van der Waals surface area contributed by atoms with Crippen LogP contribution in [0.25, 0.3) is 22.2 Å². The molecule has 0 amide bonds. The zero-order valence-electron chi connectivity index (χ0n) is 12.2. The fraction of sp³-hybridized carbons (Fsp3) is 0.111. The van der Waals surface area contributed by atoms with E-state index in [-0.39, 0.29) is 5.56 Å². The van der Waals surface area contributed by atoms with Crippen LogP contribution < -0.4 is 0 Å². The maximum atomic E-state index is 11.6. The number of aryl methyl sites for hydroxylation is 2. The Bertz CT molecular complexity index is 903. The van der Waals surface area contributed by atoms with Gasteiger partial charge in [-0.1, -0.05) is 39.7 Å². The van der Waals surface area contributed by atoms with E-state index in [9.17, 15) is 9.90 Å². The molecule has 3 rings (SSSR count). The van der Waals surface area contributed by atoms with Gasteiger partial charge in [0, 0.05) is 15.4 Å². The van der Waals surface area contributed by atoms with Gasteiger partial charge in [-0.15, -0.1) is 0 Å². The van der Waals surface area contributed by atoms with Crippen molar-refractivity contribution in [1.29, 1.82) is 0 Å². The van der Waals surface area contributed by atoms with E-state index in [0.717, 1.165) is 15.6 Å². The average molecular weight is 356 g/mol. The predicted octanol–water partition coefficient (Wildman–Crippen LogP) is 4.98. The van der Waals surface area contributed by atoms with Crippen LogP contribution >= 0.6 is 15.9 Å². The molecule has 0 fully saturated rings. The van der Waals surface area contributed by atoms with Gasteiger partial charge in [0.1, 0.15) is 0 Å². The number of pyridine rings is 1. The average Bonchev–Trinajstić information content (AvgIpc) is 2.46. The normalized spacial score (nSPS) is 10.9. The highest BCUT2D eigenvalue weighted by Crippen LogP contribution is 2.29. The van der Waals surface area contributed by atoms with Crippen LogP contribution in [-0.4, -0.2) is 16.1 Å². The van der Waals surface area contributed by atoms with Gasteiger partial charge >= 0.3 is 5.97 Å². The van der Waals surface area contributed by atoms with Crippen molar-refractivity contribution >= 4 is 32.8 Å². The van der Waals surface area contributed by atoms with Crippen LogP contribution in [-0.2, 0) is 0 Å². The molecule has 0 spiro atoms. The van der Waals surface area contributed by atoms with Crippen LogP contribution in [0.5, 0.6) is 0 Å². The lowest BCUT2D eigenvalue weighted by Crippen LogP contribution is -2.01. The summed E-state index contributed by atoms with van der Waals surface area (Å²) in [7, 11) is 0. The van der Waals surface area contributed by atoms with E-state index in [1.807, 2.05) is 38.1 Å². The standard InChI is InChI=1S/C18H14BrNO2/c1-10-3-5-13(11(2)7-10)17-9-15(18(21)22)14-8-12(19)4-6-16(14)20-17/h3-9H,1-2H3,(H,21,22). The summed E-state index contributed by atoms with van der Waals surface area (Å²) in [4.78, 5) is 16.2. The minimum atomic E-state index is -0.948. The van der Waals surface area contributed by atoms with Gasteiger partial charge in [0.2, 0.25) is 0 Å². The van der Waals surface area contributed by atoms with Crippen LogP contribution in [0, 0.1) is 13.8 Å². The first-order valence-corrected chi connectivity index (χ1v) is 7.66. The smallest absolute Gasteiger partial charge is 0.336 e. The Hall–Kier alpha value is -2.20. The molecule has 3 nitrogen and oxygen atoms in total. The summed E-state index contributed by atoms with van der Waals surface area (Å²) in [5.41, 5.74) is 4.84. The van der Waals surface area contributed by atoms with Crippen molar-refractivity contribution in [2.45, 2.75) is 13.8 Å². The van der Waals surface area contributed by atoms with Gasteiger partial charge in [0.05, 0.1) is 16.8 Å². The van der Waals surface area contributed by atoms with E-state index in [4.69, 9.17) is 0 Å². The highest BCUT2D eigenvalue weighted by Gasteiger charge is 2.14. The Morgan fingerprint density at radius 2 is 1.86 bits per heavy atom. The van der Waals surface area contributed by atoms with Gasteiger partial charge in [-0.25, -0.2) is 9.78 Å². The quantitative estimate of drug-likeness (QED) is 0.705. The summed E-state index contributed by atoms with van der Waals surface area (Å²) in [6, 6.07) is 13.2. The molecule has 0 aliphatic rings. The Morgan fingerprint density at radius 1 is 1.09 bits per heavy atom. The maximum absolute atomic E-state index is 11.6. The SMILES string of the molecule is Cc1ccc(-c2cc(C(=O)O)c3cc(Br)ccc3n2)c(C)c1. The molecule has 0 saturated heterocycles. The van der Waals surface area contributed by atoms with Gasteiger partial charge < -0.3 is 5.11 Å². The number of rotatable bonds is 2. The van der Waals surface area contributed by atoms with Gasteiger partial charge in [0.15, 0.2) is 0 Å². The van der Waals surface area contributed by atoms with Crippen molar-refractivity contribution in [2.75, 3.05) is 0 Å². The number of aromatic carboxylic acids is 1. The van der Waals surface area contributed by atoms with E-state index in [1.54, 1.807) is 12.1 Å². The fourth-order valence-corrected chi connectivity index (χ4v) is 2.97. The highest BCUT2D eigenvalue weighted by atomic mass is 79.9. The number of hydrogen-bond donors (Lipinski definition) is 1. The molecule has 22 heavy (non-hydrogen) atoms. The molecule has 0 bridgehead atoms. The molecular formula is C18H14BrNO2. The van der Waals surface area contributed by atoms with Gasteiger partial charge in [0.25, 0.3) is 0 Å². The second-order valence-electron chi connectivity index (χ2n) is 5.34. The molecule has 0 atom stereocenters. The van der Waals surface area contributed by atoms with Crippen LogP contribution in [0.3, 0.4) is 0 Å². The van der Waals surface area contributed by atoms with Crippen molar-refractivity contribution < 1.29 is 9.90 Å². The fourth-order valence-electron chi connectivity index (χ4n) is 2.61. The van der Waals surface area contributed by atoms with E-state index in [2.05, 4.69) is 27.0 Å². The summed E-state index contributed by atoms with van der Waals surface area (Å²) in [6.07, 6.45) is 0. The lowest BCUT2D eigenvalue weighted by atomic mass is 9.99. The van der Waals surface area contributed by atoms with Gasteiger partial charge in [-0.2, -0.15) is 0 Å². The minimum Gasteiger partial charge on any atom is -0.478 e. The molecule has 3 aromatic rings. The third-order valence-corrected chi connectivity index (χ3v) is 4.15. The molecule has 1 N–H and O–H groups in total. The van der Waals surface area contributed by atoms with E-state index in [1.165, 1.54) is 5.56 Å². The zero-order valence-corrected chi connectivity index (χ0v) is 13.8. The second kappa shape index (κ2) is 5.54. The Balaban J connectivity index is 2.32. The topological polar surface area (TPSA) is 50.2 Å². The number of hydrogen-bond acceptors (Lipinski definition) is 2. The number of carbonyl (C=O) groups is 1. The predicted molar refractivity (Wildman–Crippen MR) is 91.3 cm³/mol. The van der Waals surface area contributed by atoms with Crippen LogP contribution in [0.2, 0.25) is 0 Å². The van der Waals surface area contributed by atoms with E-state index >= 15 is 0 Å². The lowest BCUT2D eigenvalue weighted by Gasteiger charge is -2.10. The molecule has 2 aromatic carbocycles. The first-order chi connectivity index (χ1) is 10.5.